The number of fused-ring (bicyclic) bond motifs is 1. The van der Waals surface area contributed by atoms with E-state index in [0.717, 1.165) is 10.6 Å². The van der Waals surface area contributed by atoms with Crippen molar-refractivity contribution in [1.82, 2.24) is 4.57 Å². The molecule has 0 saturated heterocycles. The van der Waals surface area contributed by atoms with E-state index in [0.29, 0.717) is 0 Å². The highest BCUT2D eigenvalue weighted by Crippen LogP contribution is 2.37. The monoisotopic (exact) mass is 233 g/mol. The minimum absolute atomic E-state index is 0.00424. The summed E-state index contributed by atoms with van der Waals surface area (Å²) in [6, 6.07) is 0.694. The zero-order valence-electron chi connectivity index (χ0n) is 8.76. The second kappa shape index (κ2) is 3.26. The van der Waals surface area contributed by atoms with Crippen LogP contribution in [0.1, 0.15) is 24.2 Å². The molecule has 2 heterocycles. The van der Waals surface area contributed by atoms with E-state index in [1.165, 1.54) is 6.92 Å². The number of hydrogen-bond donors (Lipinski definition) is 0. The Balaban J connectivity index is 2.80. The van der Waals surface area contributed by atoms with Crippen LogP contribution in [-0.2, 0) is 6.18 Å². The molecular weight excluding hydrogens is 223 g/mol. The fourth-order valence-corrected chi connectivity index (χ4v) is 1.88. The van der Waals surface area contributed by atoms with Gasteiger partial charge in [0.15, 0.2) is 11.3 Å². The summed E-state index contributed by atoms with van der Waals surface area (Å²) in [5.74, 6) is -0.00424. The molecule has 16 heavy (non-hydrogen) atoms. The molecule has 0 radical (unpaired) electrons. The molecule has 0 aromatic carbocycles. The van der Waals surface area contributed by atoms with Gasteiger partial charge in [0, 0.05) is 11.6 Å². The summed E-state index contributed by atoms with van der Waals surface area (Å²) in [4.78, 5) is 11.4. The quantitative estimate of drug-likeness (QED) is 0.687. The molecular formula is C10H10F3NO2. The zero-order valence-corrected chi connectivity index (χ0v) is 8.76. The van der Waals surface area contributed by atoms with Crippen LogP contribution >= 0.6 is 0 Å². The van der Waals surface area contributed by atoms with E-state index in [2.05, 4.69) is 0 Å². The number of halogens is 3. The van der Waals surface area contributed by atoms with Crippen molar-refractivity contribution >= 4 is 0 Å². The third-order valence-corrected chi connectivity index (χ3v) is 2.64. The average molecular weight is 233 g/mol. The van der Waals surface area contributed by atoms with E-state index in [-0.39, 0.29) is 18.1 Å². The maximum absolute atomic E-state index is 12.8. The molecule has 6 heteroatoms. The first-order valence-electron chi connectivity index (χ1n) is 4.78. The third-order valence-electron chi connectivity index (χ3n) is 2.64. The van der Waals surface area contributed by atoms with Crippen LogP contribution in [0.4, 0.5) is 13.2 Å². The summed E-state index contributed by atoms with van der Waals surface area (Å²) >= 11 is 0. The molecule has 0 N–H and O–H groups in total. The third kappa shape index (κ3) is 1.48. The van der Waals surface area contributed by atoms with Gasteiger partial charge in [0.2, 0.25) is 0 Å². The highest BCUT2D eigenvalue weighted by molar-refractivity contribution is 5.31. The fourth-order valence-electron chi connectivity index (χ4n) is 1.88. The zero-order chi connectivity index (χ0) is 12.1. The molecule has 0 saturated carbocycles. The first-order valence-corrected chi connectivity index (χ1v) is 4.78. The maximum atomic E-state index is 12.8. The number of hydrogen-bond acceptors (Lipinski definition) is 2. The first kappa shape index (κ1) is 11.0. The van der Waals surface area contributed by atoms with E-state index in [9.17, 15) is 18.0 Å². The number of nitrogens with zero attached hydrogens (tertiary/aromatic N) is 1. The van der Waals surface area contributed by atoms with Crippen molar-refractivity contribution in [3.05, 3.63) is 27.5 Å². The molecule has 1 aliphatic rings. The van der Waals surface area contributed by atoms with Crippen LogP contribution < -0.4 is 10.2 Å². The van der Waals surface area contributed by atoms with Crippen molar-refractivity contribution in [2.75, 3.05) is 6.61 Å². The summed E-state index contributed by atoms with van der Waals surface area (Å²) in [6.07, 6.45) is -4.54. The van der Waals surface area contributed by atoms with Crippen molar-refractivity contribution < 1.29 is 17.9 Å². The number of ether oxygens (including phenoxy) is 1. The molecule has 88 valence electrons. The van der Waals surface area contributed by atoms with E-state index in [1.54, 1.807) is 6.92 Å². The average Bonchev–Trinajstić information content (AvgIpc) is 2.47. The lowest BCUT2D eigenvalue weighted by atomic mass is 10.1. The van der Waals surface area contributed by atoms with Gasteiger partial charge in [0.1, 0.15) is 12.3 Å². The van der Waals surface area contributed by atoms with Crippen LogP contribution in [-0.4, -0.2) is 11.2 Å². The van der Waals surface area contributed by atoms with E-state index >= 15 is 0 Å². The van der Waals surface area contributed by atoms with E-state index in [1.807, 2.05) is 0 Å². The summed E-state index contributed by atoms with van der Waals surface area (Å²) < 4.78 is 44.6. The van der Waals surface area contributed by atoms with Crippen LogP contribution in [0, 0.1) is 6.92 Å². The van der Waals surface area contributed by atoms with Gasteiger partial charge in [0.05, 0.1) is 6.04 Å². The Morgan fingerprint density at radius 1 is 1.50 bits per heavy atom. The fraction of sp³-hybridized carbons (Fsp3) is 0.500. The minimum atomic E-state index is -4.54. The number of pyridine rings is 1. The van der Waals surface area contributed by atoms with Crippen LogP contribution in [0.25, 0.3) is 0 Å². The molecule has 0 spiro atoms. The number of aromatic nitrogens is 1. The van der Waals surface area contributed by atoms with Gasteiger partial charge in [0.25, 0.3) is 0 Å². The summed E-state index contributed by atoms with van der Waals surface area (Å²) in [6.45, 7) is 2.96. The summed E-state index contributed by atoms with van der Waals surface area (Å²) in [7, 11) is 0. The van der Waals surface area contributed by atoms with Crippen molar-refractivity contribution in [3.63, 3.8) is 0 Å². The molecule has 0 fully saturated rings. The highest BCUT2D eigenvalue weighted by Gasteiger charge is 2.40. The van der Waals surface area contributed by atoms with Crippen molar-refractivity contribution in [2.45, 2.75) is 26.1 Å². The Morgan fingerprint density at radius 3 is 2.69 bits per heavy atom. The van der Waals surface area contributed by atoms with Gasteiger partial charge in [-0.25, -0.2) is 0 Å². The van der Waals surface area contributed by atoms with Gasteiger partial charge < -0.3 is 9.30 Å². The molecule has 1 aromatic rings. The predicted molar refractivity (Wildman–Crippen MR) is 50.6 cm³/mol. The SMILES string of the molecule is Cc1c(C(F)(F)F)n2c(cc1=O)OCC2C. The topological polar surface area (TPSA) is 31.2 Å². The van der Waals surface area contributed by atoms with Gasteiger partial charge >= 0.3 is 6.18 Å². The molecule has 1 aromatic heterocycles. The second-order valence-electron chi connectivity index (χ2n) is 3.85. The van der Waals surface area contributed by atoms with Gasteiger partial charge in [-0.05, 0) is 13.8 Å². The van der Waals surface area contributed by atoms with Gasteiger partial charge in [-0.2, -0.15) is 13.2 Å². The molecule has 1 atom stereocenters. The Bertz CT molecular complexity index is 490. The predicted octanol–water partition coefficient (Wildman–Crippen LogP) is 2.13. The van der Waals surface area contributed by atoms with Gasteiger partial charge in [-0.1, -0.05) is 0 Å². The molecule has 1 unspecified atom stereocenters. The van der Waals surface area contributed by atoms with Gasteiger partial charge in [-0.15, -0.1) is 0 Å². The standard InChI is InChI=1S/C10H10F3NO2/c1-5-4-16-8-3-7(15)6(2)9(14(5)8)10(11,12)13/h3,5H,4H2,1-2H3. The molecule has 2 rings (SSSR count). The van der Waals surface area contributed by atoms with Gasteiger partial charge in [-0.3, -0.25) is 4.79 Å². The van der Waals surface area contributed by atoms with Crippen LogP contribution in [0.2, 0.25) is 0 Å². The van der Waals surface area contributed by atoms with Crippen molar-refractivity contribution in [2.24, 2.45) is 0 Å². The Morgan fingerprint density at radius 2 is 2.12 bits per heavy atom. The molecule has 0 bridgehead atoms. The normalized spacial score (nSPS) is 19.4. The van der Waals surface area contributed by atoms with Crippen LogP contribution in [0.3, 0.4) is 0 Å². The largest absolute Gasteiger partial charge is 0.477 e. The summed E-state index contributed by atoms with van der Waals surface area (Å²) in [5, 5.41) is 0. The Labute approximate surface area is 89.5 Å². The van der Waals surface area contributed by atoms with E-state index in [4.69, 9.17) is 4.74 Å². The molecule has 0 aliphatic carbocycles. The van der Waals surface area contributed by atoms with Crippen molar-refractivity contribution in [3.8, 4) is 5.88 Å². The maximum Gasteiger partial charge on any atom is 0.431 e. The molecule has 1 aliphatic heterocycles. The first-order chi connectivity index (χ1) is 7.32. The highest BCUT2D eigenvalue weighted by atomic mass is 19.4. The Kier molecular flexibility index (Phi) is 2.25. The van der Waals surface area contributed by atoms with Crippen molar-refractivity contribution in [1.29, 1.82) is 0 Å². The lowest BCUT2D eigenvalue weighted by Gasteiger charge is -2.18. The molecule has 0 amide bonds. The van der Waals surface area contributed by atoms with E-state index < -0.39 is 23.3 Å². The minimum Gasteiger partial charge on any atom is -0.477 e. The number of rotatable bonds is 0. The second-order valence-corrected chi connectivity index (χ2v) is 3.85. The van der Waals surface area contributed by atoms with Crippen LogP contribution in [0.5, 0.6) is 5.88 Å². The molecule has 3 nitrogen and oxygen atoms in total. The lowest BCUT2D eigenvalue weighted by Crippen LogP contribution is -2.23. The summed E-state index contributed by atoms with van der Waals surface area (Å²) in [5.41, 5.74) is -1.83. The smallest absolute Gasteiger partial charge is 0.431 e. The Hall–Kier alpha value is -1.46. The van der Waals surface area contributed by atoms with Crippen LogP contribution in [0.15, 0.2) is 10.9 Å². The number of alkyl halides is 3. The lowest BCUT2D eigenvalue weighted by molar-refractivity contribution is -0.144.